The number of likely N-dealkylation sites (N-methyl/N-ethyl adjacent to an activating group) is 1. The molecule has 0 bridgehead atoms. The van der Waals surface area contributed by atoms with Crippen LogP contribution in [0.1, 0.15) is 69.0 Å². The van der Waals surface area contributed by atoms with E-state index in [1.165, 1.54) is 24.8 Å². The van der Waals surface area contributed by atoms with E-state index in [0.29, 0.717) is 12.4 Å². The summed E-state index contributed by atoms with van der Waals surface area (Å²) in [6.45, 7) is 3.29. The minimum Gasteiger partial charge on any atom is -0.350 e. The van der Waals surface area contributed by atoms with E-state index in [9.17, 15) is 4.79 Å². The summed E-state index contributed by atoms with van der Waals surface area (Å²) in [4.78, 5) is 28.9. The molecule has 0 radical (unpaired) electrons. The molecule has 2 aliphatic carbocycles. The van der Waals surface area contributed by atoms with Gasteiger partial charge in [-0.05, 0) is 51.5 Å². The van der Waals surface area contributed by atoms with Crippen LogP contribution in [0.15, 0.2) is 17.1 Å². The Labute approximate surface area is 167 Å². The number of carbonyl (C=O) groups is 1. The summed E-state index contributed by atoms with van der Waals surface area (Å²) in [6, 6.07) is 0. The van der Waals surface area contributed by atoms with Gasteiger partial charge in [-0.1, -0.05) is 25.3 Å². The lowest BCUT2D eigenvalue weighted by atomic mass is 9.83. The number of nitrogens with one attached hydrogen (secondary N) is 1. The number of aryl methyl sites for hydroxylation is 1. The van der Waals surface area contributed by atoms with Crippen LogP contribution in [-0.2, 0) is 17.6 Å². The highest BCUT2D eigenvalue weighted by Gasteiger charge is 2.29. The molecular formula is C22H31N5O. The molecule has 1 saturated carbocycles. The number of hydrogen-bond donors (Lipinski definition) is 1. The van der Waals surface area contributed by atoms with Gasteiger partial charge in [0.2, 0.25) is 5.91 Å². The van der Waals surface area contributed by atoms with Crippen LogP contribution >= 0.6 is 0 Å². The molecule has 0 spiro atoms. The molecule has 4 rings (SSSR count). The number of carbonyl (C=O) groups excluding carboxylic acids is 1. The van der Waals surface area contributed by atoms with E-state index in [4.69, 9.17) is 9.97 Å². The van der Waals surface area contributed by atoms with E-state index in [2.05, 4.69) is 23.3 Å². The van der Waals surface area contributed by atoms with Gasteiger partial charge < -0.3 is 10.2 Å². The zero-order chi connectivity index (χ0) is 19.6. The summed E-state index contributed by atoms with van der Waals surface area (Å²) in [5, 5.41) is 3.28. The van der Waals surface area contributed by atoms with Crippen molar-refractivity contribution in [2.24, 2.45) is 4.99 Å². The van der Waals surface area contributed by atoms with Gasteiger partial charge in [0.15, 0.2) is 5.82 Å². The molecular weight excluding hydrogens is 350 g/mol. The van der Waals surface area contributed by atoms with Gasteiger partial charge in [0.1, 0.15) is 11.5 Å². The second-order valence-electron chi connectivity index (χ2n) is 8.63. The van der Waals surface area contributed by atoms with Crippen molar-refractivity contribution < 1.29 is 4.79 Å². The molecule has 2 heterocycles. The molecule has 1 fully saturated rings. The fourth-order valence-corrected chi connectivity index (χ4v) is 4.62. The number of allylic oxidation sites excluding steroid dienone is 1. The molecule has 1 aromatic heterocycles. The van der Waals surface area contributed by atoms with Crippen LogP contribution < -0.4 is 10.2 Å². The molecule has 0 saturated heterocycles. The molecule has 6 heteroatoms. The minimum atomic E-state index is -0.0590. The van der Waals surface area contributed by atoms with E-state index in [0.717, 1.165) is 62.3 Å². The molecule has 0 aromatic carbocycles. The molecule has 28 heavy (non-hydrogen) atoms. The average molecular weight is 382 g/mol. The maximum atomic E-state index is 12.8. The Hall–Kier alpha value is -2.24. The number of amides is 1. The molecule has 150 valence electrons. The van der Waals surface area contributed by atoms with Crippen molar-refractivity contribution in [3.8, 4) is 0 Å². The number of dihydropyridines is 1. The maximum Gasteiger partial charge on any atom is 0.239 e. The van der Waals surface area contributed by atoms with Crippen LogP contribution in [0.4, 0.5) is 5.82 Å². The van der Waals surface area contributed by atoms with Crippen molar-refractivity contribution in [3.05, 3.63) is 29.2 Å². The number of rotatable bonds is 5. The predicted molar refractivity (Wildman–Crippen MR) is 112 cm³/mol. The number of aromatic nitrogens is 2. The third kappa shape index (κ3) is 4.10. The molecule has 1 amide bonds. The van der Waals surface area contributed by atoms with E-state index < -0.39 is 0 Å². The van der Waals surface area contributed by atoms with Crippen molar-refractivity contribution >= 4 is 17.4 Å². The standard InChI is InChI=1S/C22H31N5O/c1-22(12-5-3-6-13-22)26-19(28)15-27(2)21-16-9-8-11-17(16)24-20(25-21)18-10-4-7-14-23-18/h4,10H,3,5-9,11-15H2,1-2H3,(H,26,28). The van der Waals surface area contributed by atoms with Crippen molar-refractivity contribution in [1.29, 1.82) is 0 Å². The Morgan fingerprint density at radius 3 is 2.75 bits per heavy atom. The highest BCUT2D eigenvalue weighted by molar-refractivity contribution is 6.06. The van der Waals surface area contributed by atoms with Crippen LogP contribution in [0.3, 0.4) is 0 Å². The largest absolute Gasteiger partial charge is 0.350 e. The molecule has 1 aliphatic heterocycles. The van der Waals surface area contributed by atoms with Gasteiger partial charge in [-0.2, -0.15) is 0 Å². The average Bonchev–Trinajstić information content (AvgIpc) is 3.16. The highest BCUT2D eigenvalue weighted by atomic mass is 16.2. The SMILES string of the molecule is CN(CC(=O)NC1(C)CCCCC1)c1nc(C2=NCCC=C2)nc2c1CCC2. The third-order valence-corrected chi connectivity index (χ3v) is 6.13. The molecule has 1 N–H and O–H groups in total. The van der Waals surface area contributed by atoms with E-state index >= 15 is 0 Å². The lowest BCUT2D eigenvalue weighted by molar-refractivity contribution is -0.121. The Morgan fingerprint density at radius 1 is 1.18 bits per heavy atom. The second kappa shape index (κ2) is 8.02. The minimum absolute atomic E-state index is 0.0590. The topological polar surface area (TPSA) is 70.5 Å². The zero-order valence-corrected chi connectivity index (χ0v) is 17.1. The molecule has 3 aliphatic rings. The normalized spacial score (nSPS) is 20.4. The first-order chi connectivity index (χ1) is 13.5. The van der Waals surface area contributed by atoms with Gasteiger partial charge in [0.25, 0.3) is 0 Å². The first-order valence-electron chi connectivity index (χ1n) is 10.7. The fraction of sp³-hybridized carbons (Fsp3) is 0.636. The van der Waals surface area contributed by atoms with E-state index in [1.807, 2.05) is 18.0 Å². The smallest absolute Gasteiger partial charge is 0.239 e. The van der Waals surface area contributed by atoms with Crippen molar-refractivity contribution in [1.82, 2.24) is 15.3 Å². The Bertz CT molecular complexity index is 807. The Morgan fingerprint density at radius 2 is 2.00 bits per heavy atom. The maximum absolute atomic E-state index is 12.8. The van der Waals surface area contributed by atoms with Gasteiger partial charge in [0, 0.05) is 30.4 Å². The third-order valence-electron chi connectivity index (χ3n) is 6.13. The highest BCUT2D eigenvalue weighted by Crippen LogP contribution is 2.30. The Balaban J connectivity index is 1.52. The van der Waals surface area contributed by atoms with Gasteiger partial charge in [-0.25, -0.2) is 9.97 Å². The second-order valence-corrected chi connectivity index (χ2v) is 8.63. The number of aliphatic imine (C=N–C) groups is 1. The summed E-state index contributed by atoms with van der Waals surface area (Å²) in [6.07, 6.45) is 14.0. The molecule has 0 atom stereocenters. The number of fused-ring (bicyclic) bond motifs is 1. The summed E-state index contributed by atoms with van der Waals surface area (Å²) in [5.74, 6) is 1.66. The Kier molecular flexibility index (Phi) is 5.47. The summed E-state index contributed by atoms with van der Waals surface area (Å²) in [5.41, 5.74) is 3.11. The summed E-state index contributed by atoms with van der Waals surface area (Å²) >= 11 is 0. The van der Waals surface area contributed by atoms with Crippen LogP contribution in [0, 0.1) is 0 Å². The summed E-state index contributed by atoms with van der Waals surface area (Å²) < 4.78 is 0. The lowest BCUT2D eigenvalue weighted by Crippen LogP contribution is -2.50. The predicted octanol–water partition coefficient (Wildman–Crippen LogP) is 2.99. The van der Waals surface area contributed by atoms with Gasteiger partial charge in [-0.3, -0.25) is 9.79 Å². The van der Waals surface area contributed by atoms with Crippen molar-refractivity contribution in [3.63, 3.8) is 0 Å². The van der Waals surface area contributed by atoms with E-state index in [-0.39, 0.29) is 11.4 Å². The van der Waals surface area contributed by atoms with Crippen LogP contribution in [0.5, 0.6) is 0 Å². The first-order valence-corrected chi connectivity index (χ1v) is 10.7. The van der Waals surface area contributed by atoms with Gasteiger partial charge in [0.05, 0.1) is 6.54 Å². The van der Waals surface area contributed by atoms with Crippen LogP contribution in [-0.4, -0.2) is 47.3 Å². The fourth-order valence-electron chi connectivity index (χ4n) is 4.62. The lowest BCUT2D eigenvalue weighted by Gasteiger charge is -2.35. The van der Waals surface area contributed by atoms with Crippen molar-refractivity contribution in [2.75, 3.05) is 25.0 Å². The number of hydrogen-bond acceptors (Lipinski definition) is 5. The van der Waals surface area contributed by atoms with Gasteiger partial charge >= 0.3 is 0 Å². The zero-order valence-electron chi connectivity index (χ0n) is 17.1. The quantitative estimate of drug-likeness (QED) is 0.851. The number of nitrogens with zero attached hydrogens (tertiary/aromatic N) is 4. The van der Waals surface area contributed by atoms with Crippen LogP contribution in [0.25, 0.3) is 0 Å². The van der Waals surface area contributed by atoms with Crippen LogP contribution in [0.2, 0.25) is 0 Å². The molecule has 6 nitrogen and oxygen atoms in total. The monoisotopic (exact) mass is 381 g/mol. The first kappa shape index (κ1) is 19.1. The van der Waals surface area contributed by atoms with Crippen molar-refractivity contribution in [2.45, 2.75) is 70.3 Å². The molecule has 1 aromatic rings. The molecule has 0 unspecified atom stereocenters. The van der Waals surface area contributed by atoms with E-state index in [1.54, 1.807) is 0 Å². The summed E-state index contributed by atoms with van der Waals surface area (Å²) in [7, 11) is 1.96. The number of anilines is 1. The van der Waals surface area contributed by atoms with Gasteiger partial charge in [-0.15, -0.1) is 0 Å².